The average molecular weight is 350 g/mol. The van der Waals surface area contributed by atoms with Gasteiger partial charge in [0.2, 0.25) is 0 Å². The Hall–Kier alpha value is -0.620. The summed E-state index contributed by atoms with van der Waals surface area (Å²) in [4.78, 5) is 23.1. The maximum absolute atomic E-state index is 11.8. The molecule has 1 unspecified atom stereocenters. The lowest BCUT2D eigenvalue weighted by molar-refractivity contribution is -0.103. The molecule has 0 bridgehead atoms. The van der Waals surface area contributed by atoms with Crippen molar-refractivity contribution in [3.63, 3.8) is 0 Å². The number of carbonyl (C=O) groups excluding carboxylic acids is 1. The van der Waals surface area contributed by atoms with Crippen molar-refractivity contribution in [1.82, 2.24) is 10.2 Å². The minimum absolute atomic E-state index is 0.0543. The van der Waals surface area contributed by atoms with Gasteiger partial charge in [-0.15, -0.1) is 0 Å². The average Bonchev–Trinajstić information content (AvgIpc) is 2.43. The van der Waals surface area contributed by atoms with Gasteiger partial charge >= 0.3 is 14.3 Å². The van der Waals surface area contributed by atoms with E-state index in [2.05, 4.69) is 10.2 Å². The fraction of sp³-hybridized carbons (Fsp3) is 0.933. The summed E-state index contributed by atoms with van der Waals surface area (Å²) >= 11 is 0. The molecule has 0 aliphatic carbocycles. The molecule has 1 amide bonds. The minimum atomic E-state index is -3.00. The van der Waals surface area contributed by atoms with Gasteiger partial charge in [-0.2, -0.15) is 0 Å². The molecule has 136 valence electrons. The number of alkyl carbamates (subject to hydrolysis) is 1. The number of likely N-dealkylation sites (tertiary alicyclic amines) is 1. The van der Waals surface area contributed by atoms with Crippen LogP contribution in [0, 0.1) is 0 Å². The predicted molar refractivity (Wildman–Crippen MR) is 89.6 cm³/mol. The first kappa shape index (κ1) is 20.4. The Morgan fingerprint density at radius 2 is 1.78 bits per heavy atom. The maximum Gasteiger partial charge on any atom is 0.407 e. The number of ether oxygens (including phenoxy) is 1. The van der Waals surface area contributed by atoms with Crippen molar-refractivity contribution in [3.8, 4) is 0 Å². The summed E-state index contributed by atoms with van der Waals surface area (Å²) in [5, 5.41) is 2.89. The van der Waals surface area contributed by atoms with Crippen molar-refractivity contribution in [2.24, 2.45) is 0 Å². The van der Waals surface area contributed by atoms with Crippen molar-refractivity contribution >= 4 is 14.3 Å². The van der Waals surface area contributed by atoms with Gasteiger partial charge in [0.05, 0.1) is 0 Å². The molecule has 23 heavy (non-hydrogen) atoms. The smallest absolute Gasteiger partial charge is 0.407 e. The Morgan fingerprint density at radius 3 is 2.17 bits per heavy atom. The molecule has 8 heteroatoms. The van der Waals surface area contributed by atoms with E-state index >= 15 is 0 Å². The Labute approximate surface area is 139 Å². The summed E-state index contributed by atoms with van der Waals surface area (Å²) in [6.45, 7) is 10.8. The van der Waals surface area contributed by atoms with E-state index in [0.29, 0.717) is 25.9 Å². The highest BCUT2D eigenvalue weighted by Gasteiger charge is 2.38. The van der Waals surface area contributed by atoms with Crippen molar-refractivity contribution in [1.29, 1.82) is 0 Å². The highest BCUT2D eigenvalue weighted by Crippen LogP contribution is 2.36. The van der Waals surface area contributed by atoms with E-state index in [1.807, 2.05) is 34.6 Å². The molecule has 0 aromatic heterocycles. The van der Waals surface area contributed by atoms with Gasteiger partial charge in [0.1, 0.15) is 11.3 Å². The number of piperidine rings is 1. The quantitative estimate of drug-likeness (QED) is 0.716. The van der Waals surface area contributed by atoms with E-state index in [4.69, 9.17) is 9.26 Å². The van der Waals surface area contributed by atoms with Crippen LogP contribution in [0.2, 0.25) is 0 Å². The van der Waals surface area contributed by atoms with Gasteiger partial charge in [-0.05, 0) is 46.5 Å². The number of amides is 1. The highest BCUT2D eigenvalue weighted by molar-refractivity contribution is 7.32. The van der Waals surface area contributed by atoms with E-state index in [9.17, 15) is 14.3 Å². The van der Waals surface area contributed by atoms with E-state index in [-0.39, 0.29) is 6.04 Å². The molecule has 0 saturated carbocycles. The first-order chi connectivity index (χ1) is 10.6. The van der Waals surface area contributed by atoms with Crippen LogP contribution >= 0.6 is 8.25 Å². The number of hydrogen-bond acceptors (Lipinski definition) is 5. The molecule has 1 aliphatic heterocycles. The zero-order valence-electron chi connectivity index (χ0n) is 14.8. The monoisotopic (exact) mass is 350 g/mol. The maximum atomic E-state index is 11.8. The topological polar surface area (TPSA) is 88.1 Å². The third-order valence-electron chi connectivity index (χ3n) is 4.17. The van der Waals surface area contributed by atoms with Crippen LogP contribution in [-0.4, -0.2) is 46.3 Å². The Bertz CT molecular complexity index is 413. The third kappa shape index (κ3) is 6.42. The molecule has 1 fully saturated rings. The van der Waals surface area contributed by atoms with Gasteiger partial charge in [-0.3, -0.25) is 14.0 Å². The second kappa shape index (κ2) is 8.47. The van der Waals surface area contributed by atoms with Crippen molar-refractivity contribution in [2.45, 2.75) is 77.7 Å². The number of rotatable bonds is 6. The van der Waals surface area contributed by atoms with Crippen molar-refractivity contribution < 1.29 is 23.5 Å². The highest BCUT2D eigenvalue weighted by atomic mass is 31.1. The lowest BCUT2D eigenvalue weighted by Gasteiger charge is -2.45. The van der Waals surface area contributed by atoms with Crippen LogP contribution in [-0.2, 0) is 13.8 Å². The summed E-state index contributed by atoms with van der Waals surface area (Å²) in [6.07, 6.45) is 2.41. The van der Waals surface area contributed by atoms with Crippen molar-refractivity contribution in [2.75, 3.05) is 13.1 Å². The van der Waals surface area contributed by atoms with Crippen LogP contribution < -0.4 is 5.32 Å². The van der Waals surface area contributed by atoms with Gasteiger partial charge in [0, 0.05) is 19.1 Å². The molecule has 0 radical (unpaired) electrons. The van der Waals surface area contributed by atoms with Gasteiger partial charge < -0.3 is 14.9 Å². The second-order valence-electron chi connectivity index (χ2n) is 6.93. The second-order valence-corrected chi connectivity index (χ2v) is 7.66. The molecule has 1 atom stereocenters. The molecule has 0 aromatic carbocycles. The minimum Gasteiger partial charge on any atom is -0.444 e. The van der Waals surface area contributed by atoms with E-state index in [1.54, 1.807) is 0 Å². The fourth-order valence-corrected chi connectivity index (χ4v) is 3.72. The van der Waals surface area contributed by atoms with Gasteiger partial charge in [0.25, 0.3) is 0 Å². The van der Waals surface area contributed by atoms with Gasteiger partial charge in [0.15, 0.2) is 0 Å². The van der Waals surface area contributed by atoms with E-state index in [0.717, 1.165) is 12.8 Å². The molecule has 1 aliphatic rings. The van der Waals surface area contributed by atoms with Crippen LogP contribution in [0.4, 0.5) is 4.79 Å². The Morgan fingerprint density at radius 1 is 1.26 bits per heavy atom. The first-order valence-corrected chi connectivity index (χ1v) is 9.54. The van der Waals surface area contributed by atoms with E-state index < -0.39 is 25.7 Å². The molecule has 0 spiro atoms. The lowest BCUT2D eigenvalue weighted by atomic mass is 9.98. The summed E-state index contributed by atoms with van der Waals surface area (Å²) < 4.78 is 21.8. The summed E-state index contributed by atoms with van der Waals surface area (Å²) in [5.74, 6) is 0. The molecular formula is C15H31N2O5P. The van der Waals surface area contributed by atoms with Crippen molar-refractivity contribution in [3.05, 3.63) is 0 Å². The molecule has 2 N–H and O–H groups in total. The number of nitrogens with one attached hydrogen (secondary N) is 1. The fourth-order valence-electron chi connectivity index (χ4n) is 2.97. The normalized spacial score (nSPS) is 19.4. The molecule has 1 rings (SSSR count). The number of carbonyl (C=O) groups is 1. The van der Waals surface area contributed by atoms with E-state index in [1.165, 1.54) is 0 Å². The summed E-state index contributed by atoms with van der Waals surface area (Å²) in [7, 11) is -3.00. The number of hydrogen-bond donors (Lipinski definition) is 2. The first-order valence-electron chi connectivity index (χ1n) is 8.28. The van der Waals surface area contributed by atoms with Crippen LogP contribution in [0.1, 0.15) is 60.3 Å². The lowest BCUT2D eigenvalue weighted by Crippen LogP contribution is -2.55. The Balaban J connectivity index is 2.56. The molecule has 0 aromatic rings. The molecule has 1 heterocycles. The Kier molecular flexibility index (Phi) is 7.52. The van der Waals surface area contributed by atoms with Gasteiger partial charge in [-0.25, -0.2) is 4.79 Å². The van der Waals surface area contributed by atoms with Crippen LogP contribution in [0.15, 0.2) is 0 Å². The summed E-state index contributed by atoms with van der Waals surface area (Å²) in [5.41, 5.74) is -1.20. The molecule has 7 nitrogen and oxygen atoms in total. The predicted octanol–water partition coefficient (Wildman–Crippen LogP) is 2.89. The molecular weight excluding hydrogens is 319 g/mol. The molecule has 1 saturated heterocycles. The van der Waals surface area contributed by atoms with Crippen LogP contribution in [0.3, 0.4) is 0 Å². The summed E-state index contributed by atoms with van der Waals surface area (Å²) in [6, 6.07) is 0.0543. The van der Waals surface area contributed by atoms with Gasteiger partial charge in [-0.1, -0.05) is 13.8 Å². The van der Waals surface area contributed by atoms with Crippen LogP contribution in [0.25, 0.3) is 0 Å². The number of nitrogens with zero attached hydrogens (tertiary/aromatic N) is 1. The largest absolute Gasteiger partial charge is 0.444 e. The van der Waals surface area contributed by atoms with Crippen LogP contribution in [0.5, 0.6) is 0 Å². The zero-order chi connectivity index (χ0) is 17.7. The SMILES string of the molecule is CCC(CC)(O[PH](=O)O)N1CCC(NC(=O)OC(C)(C)C)CC1. The third-order valence-corrected chi connectivity index (χ3v) is 4.73. The zero-order valence-corrected chi connectivity index (χ0v) is 15.8. The standard InChI is InChI=1S/C15H31N2O5P/c1-6-15(7-2,22-23(19)20)17-10-8-12(9-11-17)16-13(18)21-14(3,4)5/h12,23H,6-11H2,1-5H3,(H,16,18)(H,19,20).